The van der Waals surface area contributed by atoms with Crippen LogP contribution < -0.4 is 24.3 Å². The number of nitriles is 1. The molecule has 0 heterocycles. The molecule has 0 aromatic heterocycles. The van der Waals surface area contributed by atoms with Gasteiger partial charge in [-0.25, -0.2) is 0 Å². The highest BCUT2D eigenvalue weighted by molar-refractivity contribution is 6.32. The van der Waals surface area contributed by atoms with Gasteiger partial charge in [0.25, 0.3) is 5.91 Å². The summed E-state index contributed by atoms with van der Waals surface area (Å²) in [4.78, 5) is 12.1. The molecule has 2 aromatic rings. The molecular formula is C19H19ClN2O5. The van der Waals surface area contributed by atoms with Crippen molar-refractivity contribution in [2.24, 2.45) is 0 Å². The van der Waals surface area contributed by atoms with Gasteiger partial charge in [-0.3, -0.25) is 4.79 Å². The Morgan fingerprint density at radius 1 is 1.07 bits per heavy atom. The maximum atomic E-state index is 12.1. The fourth-order valence-electron chi connectivity index (χ4n) is 2.30. The molecule has 8 heteroatoms. The van der Waals surface area contributed by atoms with Crippen LogP contribution in [0.25, 0.3) is 0 Å². The summed E-state index contributed by atoms with van der Waals surface area (Å²) in [5, 5.41) is 11.9. The topological polar surface area (TPSA) is 89.8 Å². The molecule has 0 radical (unpaired) electrons. The number of methoxy groups -OCH3 is 3. The van der Waals surface area contributed by atoms with Crippen LogP contribution in [0.1, 0.15) is 11.1 Å². The largest absolute Gasteiger partial charge is 0.493 e. The molecule has 142 valence electrons. The van der Waals surface area contributed by atoms with Crippen molar-refractivity contribution in [3.05, 3.63) is 46.5 Å². The van der Waals surface area contributed by atoms with Crippen molar-refractivity contribution >= 4 is 17.5 Å². The lowest BCUT2D eigenvalue weighted by Crippen LogP contribution is -2.28. The maximum Gasteiger partial charge on any atom is 0.258 e. The molecule has 0 saturated heterocycles. The lowest BCUT2D eigenvalue weighted by molar-refractivity contribution is -0.123. The van der Waals surface area contributed by atoms with E-state index in [1.807, 2.05) is 12.1 Å². The summed E-state index contributed by atoms with van der Waals surface area (Å²) in [5.74, 6) is 1.34. The molecule has 0 saturated carbocycles. The Morgan fingerprint density at radius 2 is 1.78 bits per heavy atom. The van der Waals surface area contributed by atoms with Crippen LogP contribution in [0, 0.1) is 11.3 Å². The molecule has 0 fully saturated rings. The van der Waals surface area contributed by atoms with E-state index in [-0.39, 0.29) is 29.0 Å². The second kappa shape index (κ2) is 9.55. The number of nitrogens with one attached hydrogen (secondary N) is 1. The molecule has 7 nitrogen and oxygen atoms in total. The van der Waals surface area contributed by atoms with E-state index in [2.05, 4.69) is 5.32 Å². The van der Waals surface area contributed by atoms with Crippen LogP contribution in [-0.2, 0) is 11.3 Å². The lowest BCUT2D eigenvalue weighted by Gasteiger charge is -2.13. The summed E-state index contributed by atoms with van der Waals surface area (Å²) in [6, 6.07) is 10.3. The molecule has 2 rings (SSSR count). The number of carbonyl (C=O) groups excluding carboxylic acids is 1. The number of benzene rings is 2. The average molecular weight is 391 g/mol. The van der Waals surface area contributed by atoms with E-state index >= 15 is 0 Å². The zero-order valence-electron chi connectivity index (χ0n) is 15.2. The summed E-state index contributed by atoms with van der Waals surface area (Å²) in [5.41, 5.74) is 1.18. The van der Waals surface area contributed by atoms with Crippen LogP contribution >= 0.6 is 11.6 Å². The van der Waals surface area contributed by atoms with Crippen LogP contribution in [0.5, 0.6) is 23.0 Å². The first kappa shape index (κ1) is 20.2. The van der Waals surface area contributed by atoms with Crippen LogP contribution in [0.3, 0.4) is 0 Å². The van der Waals surface area contributed by atoms with Crippen molar-refractivity contribution in [2.45, 2.75) is 6.54 Å². The zero-order valence-corrected chi connectivity index (χ0v) is 15.9. The minimum absolute atomic E-state index is 0.193. The standard InChI is InChI=1S/C19H19ClN2O5/c1-24-15-5-4-12(7-16(15)25-2)10-22-18(23)11-27-19-14(20)6-13(9-21)8-17(19)26-3/h4-8H,10-11H2,1-3H3,(H,22,23). The van der Waals surface area contributed by atoms with Crippen molar-refractivity contribution < 1.29 is 23.7 Å². The Hall–Kier alpha value is -3.11. The van der Waals surface area contributed by atoms with Crippen molar-refractivity contribution in [3.8, 4) is 29.1 Å². The van der Waals surface area contributed by atoms with E-state index in [1.165, 1.54) is 19.2 Å². The van der Waals surface area contributed by atoms with Crippen molar-refractivity contribution in [1.29, 1.82) is 5.26 Å². The molecule has 1 amide bonds. The Bertz CT molecular complexity index is 864. The summed E-state index contributed by atoms with van der Waals surface area (Å²) < 4.78 is 21.0. The van der Waals surface area contributed by atoms with Crippen molar-refractivity contribution in [1.82, 2.24) is 5.32 Å². The van der Waals surface area contributed by atoms with Gasteiger partial charge in [-0.2, -0.15) is 5.26 Å². The second-order valence-electron chi connectivity index (χ2n) is 5.36. The number of amides is 1. The monoisotopic (exact) mass is 390 g/mol. The first-order valence-electron chi connectivity index (χ1n) is 7.90. The predicted molar refractivity (Wildman–Crippen MR) is 99.6 cm³/mol. The lowest BCUT2D eigenvalue weighted by atomic mass is 10.2. The molecule has 2 aromatic carbocycles. The van der Waals surface area contributed by atoms with E-state index in [9.17, 15) is 4.79 Å². The third-order valence-corrected chi connectivity index (χ3v) is 3.92. The zero-order chi connectivity index (χ0) is 19.8. The van der Waals surface area contributed by atoms with Crippen LogP contribution in [0.2, 0.25) is 5.02 Å². The van der Waals surface area contributed by atoms with Crippen LogP contribution in [0.15, 0.2) is 30.3 Å². The van der Waals surface area contributed by atoms with Gasteiger partial charge >= 0.3 is 0 Å². The van der Waals surface area contributed by atoms with Gasteiger partial charge < -0.3 is 24.3 Å². The Morgan fingerprint density at radius 3 is 2.41 bits per heavy atom. The Balaban J connectivity index is 1.97. The van der Waals surface area contributed by atoms with Crippen molar-refractivity contribution in [3.63, 3.8) is 0 Å². The SMILES string of the molecule is COc1ccc(CNC(=O)COc2c(Cl)cc(C#N)cc2OC)cc1OC. The van der Waals surface area contributed by atoms with E-state index < -0.39 is 0 Å². The molecule has 0 aliphatic carbocycles. The summed E-state index contributed by atoms with van der Waals surface area (Å²) in [6.07, 6.45) is 0. The van der Waals surface area contributed by atoms with E-state index in [0.29, 0.717) is 23.6 Å². The number of nitrogens with zero attached hydrogens (tertiary/aromatic N) is 1. The van der Waals surface area contributed by atoms with Gasteiger partial charge in [0.05, 0.1) is 38.0 Å². The van der Waals surface area contributed by atoms with Gasteiger partial charge in [0.2, 0.25) is 0 Å². The third kappa shape index (κ3) is 5.19. The molecule has 0 aliphatic rings. The highest BCUT2D eigenvalue weighted by Gasteiger charge is 2.14. The van der Waals surface area contributed by atoms with Crippen LogP contribution in [0.4, 0.5) is 0 Å². The number of halogens is 1. The highest BCUT2D eigenvalue weighted by Crippen LogP contribution is 2.36. The first-order valence-corrected chi connectivity index (χ1v) is 8.28. The van der Waals surface area contributed by atoms with Gasteiger partial charge in [-0.1, -0.05) is 17.7 Å². The van der Waals surface area contributed by atoms with Gasteiger partial charge in [0, 0.05) is 12.6 Å². The molecule has 27 heavy (non-hydrogen) atoms. The Kier molecular flexibility index (Phi) is 7.15. The number of rotatable bonds is 8. The molecule has 1 N–H and O–H groups in total. The molecule has 0 atom stereocenters. The van der Waals surface area contributed by atoms with Crippen molar-refractivity contribution in [2.75, 3.05) is 27.9 Å². The maximum absolute atomic E-state index is 12.1. The van der Waals surface area contributed by atoms with Gasteiger partial charge in [0.1, 0.15) is 0 Å². The fraction of sp³-hybridized carbons (Fsp3) is 0.263. The van der Waals surface area contributed by atoms with E-state index in [1.54, 1.807) is 26.4 Å². The minimum atomic E-state index is -0.340. The molecule has 0 aliphatic heterocycles. The first-order chi connectivity index (χ1) is 13.0. The Labute approximate surface area is 162 Å². The number of hydrogen-bond donors (Lipinski definition) is 1. The summed E-state index contributed by atoms with van der Waals surface area (Å²) >= 11 is 6.10. The minimum Gasteiger partial charge on any atom is -0.493 e. The molecule has 0 unspecified atom stereocenters. The second-order valence-corrected chi connectivity index (χ2v) is 5.76. The smallest absolute Gasteiger partial charge is 0.258 e. The predicted octanol–water partition coefficient (Wildman–Crippen LogP) is 2.93. The van der Waals surface area contributed by atoms with Crippen LogP contribution in [-0.4, -0.2) is 33.8 Å². The number of ether oxygens (including phenoxy) is 4. The molecule has 0 spiro atoms. The summed E-state index contributed by atoms with van der Waals surface area (Å²) in [7, 11) is 4.53. The van der Waals surface area contributed by atoms with E-state index in [0.717, 1.165) is 5.56 Å². The van der Waals surface area contributed by atoms with Gasteiger partial charge in [-0.15, -0.1) is 0 Å². The van der Waals surface area contributed by atoms with E-state index in [4.69, 9.17) is 35.8 Å². The normalized spacial score (nSPS) is 9.89. The number of carbonyl (C=O) groups is 1. The average Bonchev–Trinajstić information content (AvgIpc) is 2.70. The number of hydrogen-bond acceptors (Lipinski definition) is 6. The van der Waals surface area contributed by atoms with Gasteiger partial charge in [0.15, 0.2) is 29.6 Å². The summed E-state index contributed by atoms with van der Waals surface area (Å²) in [6.45, 7) is 0.0378. The quantitative estimate of drug-likeness (QED) is 0.745. The fourth-order valence-corrected chi connectivity index (χ4v) is 2.57. The highest BCUT2D eigenvalue weighted by atomic mass is 35.5. The molecule has 0 bridgehead atoms. The van der Waals surface area contributed by atoms with Gasteiger partial charge in [-0.05, 0) is 23.8 Å². The third-order valence-electron chi connectivity index (χ3n) is 3.64. The molecular weight excluding hydrogens is 372 g/mol.